The third-order valence-corrected chi connectivity index (χ3v) is 4.21. The minimum Gasteiger partial charge on any atom is -0.468 e. The Morgan fingerprint density at radius 2 is 2.04 bits per heavy atom. The monoisotopic (exact) mass is 385 g/mol. The first-order valence-electron chi connectivity index (χ1n) is 7.74. The van der Waals surface area contributed by atoms with Crippen LogP contribution in [0.1, 0.15) is 32.7 Å². The van der Waals surface area contributed by atoms with Gasteiger partial charge in [-0.15, -0.1) is 0 Å². The predicted molar refractivity (Wildman–Crippen MR) is 88.1 cm³/mol. The van der Waals surface area contributed by atoms with Gasteiger partial charge in [-0.1, -0.05) is 11.6 Å². The summed E-state index contributed by atoms with van der Waals surface area (Å²) in [5, 5.41) is 0.307. The fraction of sp³-hybridized carbons (Fsp3) is 0.353. The van der Waals surface area contributed by atoms with E-state index in [1.807, 2.05) is 0 Å². The number of rotatable bonds is 4. The Balaban J connectivity index is 1.73. The molecule has 0 N–H and O–H groups in total. The molecule has 0 bridgehead atoms. The van der Waals surface area contributed by atoms with E-state index in [2.05, 4.69) is 14.7 Å². The smallest absolute Gasteiger partial charge is 0.422 e. The van der Waals surface area contributed by atoms with Gasteiger partial charge in [0.1, 0.15) is 5.15 Å². The van der Waals surface area contributed by atoms with Crippen LogP contribution in [0.25, 0.3) is 0 Å². The molecular formula is C17H15ClF3N3O2. The Morgan fingerprint density at radius 1 is 1.31 bits per heavy atom. The van der Waals surface area contributed by atoms with Gasteiger partial charge in [0.15, 0.2) is 6.61 Å². The molecule has 3 rings (SSSR count). The molecule has 2 aromatic heterocycles. The highest BCUT2D eigenvalue weighted by atomic mass is 35.5. The van der Waals surface area contributed by atoms with E-state index in [9.17, 15) is 18.0 Å². The lowest BCUT2D eigenvalue weighted by Gasteiger charge is -2.16. The number of ether oxygens (including phenoxy) is 1. The van der Waals surface area contributed by atoms with Crippen LogP contribution in [0.3, 0.4) is 0 Å². The summed E-state index contributed by atoms with van der Waals surface area (Å²) in [7, 11) is 0. The van der Waals surface area contributed by atoms with Crippen molar-refractivity contribution in [2.45, 2.75) is 33.1 Å². The normalized spacial score (nSPS) is 13.9. The van der Waals surface area contributed by atoms with E-state index in [0.29, 0.717) is 39.6 Å². The van der Waals surface area contributed by atoms with Crippen molar-refractivity contribution in [2.24, 2.45) is 0 Å². The van der Waals surface area contributed by atoms with Crippen LogP contribution < -0.4 is 4.74 Å². The maximum Gasteiger partial charge on any atom is 0.422 e. The van der Waals surface area contributed by atoms with Crippen molar-refractivity contribution < 1.29 is 22.7 Å². The third-order valence-electron chi connectivity index (χ3n) is 3.90. The molecular weight excluding hydrogens is 371 g/mol. The molecule has 138 valence electrons. The van der Waals surface area contributed by atoms with E-state index < -0.39 is 12.8 Å². The molecule has 9 heteroatoms. The zero-order valence-electron chi connectivity index (χ0n) is 14.0. The first kappa shape index (κ1) is 18.4. The second-order valence-corrected chi connectivity index (χ2v) is 6.47. The van der Waals surface area contributed by atoms with Gasteiger partial charge in [-0.3, -0.25) is 4.79 Å². The van der Waals surface area contributed by atoms with Crippen molar-refractivity contribution in [1.29, 1.82) is 0 Å². The highest BCUT2D eigenvalue weighted by molar-refractivity contribution is 6.31. The SMILES string of the molecule is Cc1cc2c(c(Cl)n1)CN(Cc1cnc(OCC(F)(F)F)c(C)c1)C2=O. The summed E-state index contributed by atoms with van der Waals surface area (Å²) in [5.41, 5.74) is 3.01. The van der Waals surface area contributed by atoms with Gasteiger partial charge in [-0.2, -0.15) is 13.2 Å². The molecule has 0 spiro atoms. The van der Waals surface area contributed by atoms with Crippen molar-refractivity contribution in [1.82, 2.24) is 14.9 Å². The van der Waals surface area contributed by atoms with Crippen molar-refractivity contribution in [3.63, 3.8) is 0 Å². The lowest BCUT2D eigenvalue weighted by molar-refractivity contribution is -0.154. The van der Waals surface area contributed by atoms with E-state index in [1.54, 1.807) is 30.9 Å². The topological polar surface area (TPSA) is 55.3 Å². The number of aromatic nitrogens is 2. The van der Waals surface area contributed by atoms with Crippen LogP contribution in [-0.2, 0) is 13.1 Å². The first-order chi connectivity index (χ1) is 12.1. The van der Waals surface area contributed by atoms with Crippen LogP contribution in [0, 0.1) is 13.8 Å². The quantitative estimate of drug-likeness (QED) is 0.750. The summed E-state index contributed by atoms with van der Waals surface area (Å²) in [6.45, 7) is 2.55. The molecule has 0 radical (unpaired) electrons. The van der Waals surface area contributed by atoms with Gasteiger partial charge < -0.3 is 9.64 Å². The molecule has 0 unspecified atom stereocenters. The molecule has 0 saturated carbocycles. The molecule has 3 heterocycles. The number of hydrogen-bond acceptors (Lipinski definition) is 4. The van der Waals surface area contributed by atoms with Gasteiger partial charge in [0.05, 0.1) is 6.54 Å². The van der Waals surface area contributed by atoms with E-state index in [1.165, 1.54) is 6.20 Å². The Labute approximate surface area is 152 Å². The van der Waals surface area contributed by atoms with Gasteiger partial charge >= 0.3 is 6.18 Å². The summed E-state index contributed by atoms with van der Waals surface area (Å²) in [6.07, 6.45) is -3.02. The largest absolute Gasteiger partial charge is 0.468 e. The number of hydrogen-bond donors (Lipinski definition) is 0. The number of carbonyl (C=O) groups excluding carboxylic acids is 1. The summed E-state index contributed by atoms with van der Waals surface area (Å²) in [5.74, 6) is -0.243. The standard InChI is InChI=1S/C17H15ClF3N3O2/c1-9-3-11(5-22-15(9)26-8-17(19,20)21)6-24-7-13-12(16(24)25)4-10(2)23-14(13)18/h3-5H,6-8H2,1-2H3. The van der Waals surface area contributed by atoms with E-state index in [0.717, 1.165) is 0 Å². The summed E-state index contributed by atoms with van der Waals surface area (Å²) >= 11 is 6.12. The lowest BCUT2D eigenvalue weighted by atomic mass is 10.1. The van der Waals surface area contributed by atoms with Gasteiger partial charge in [-0.05, 0) is 31.5 Å². The third kappa shape index (κ3) is 3.90. The molecule has 0 atom stereocenters. The second kappa shape index (κ2) is 6.75. The second-order valence-electron chi connectivity index (χ2n) is 6.11. The van der Waals surface area contributed by atoms with Crippen LogP contribution in [0.15, 0.2) is 18.3 Å². The molecule has 0 aliphatic carbocycles. The Kier molecular flexibility index (Phi) is 4.79. The maximum absolute atomic E-state index is 12.5. The highest BCUT2D eigenvalue weighted by Crippen LogP contribution is 2.30. The highest BCUT2D eigenvalue weighted by Gasteiger charge is 2.31. The van der Waals surface area contributed by atoms with E-state index in [-0.39, 0.29) is 18.3 Å². The first-order valence-corrected chi connectivity index (χ1v) is 8.12. The lowest BCUT2D eigenvalue weighted by Crippen LogP contribution is -2.23. The number of nitrogens with zero attached hydrogens (tertiary/aromatic N) is 3. The average Bonchev–Trinajstić information content (AvgIpc) is 2.83. The fourth-order valence-corrected chi connectivity index (χ4v) is 3.09. The molecule has 26 heavy (non-hydrogen) atoms. The number of pyridine rings is 2. The summed E-state index contributed by atoms with van der Waals surface area (Å²) < 4.78 is 41.4. The van der Waals surface area contributed by atoms with Crippen molar-refractivity contribution in [3.05, 3.63) is 51.4 Å². The van der Waals surface area contributed by atoms with Crippen LogP contribution in [0.2, 0.25) is 5.15 Å². The minimum atomic E-state index is -4.42. The average molecular weight is 386 g/mol. The van der Waals surface area contributed by atoms with Gasteiger partial charge in [0.25, 0.3) is 5.91 Å². The Hall–Kier alpha value is -2.35. The van der Waals surface area contributed by atoms with Crippen LogP contribution in [-0.4, -0.2) is 33.6 Å². The summed E-state index contributed by atoms with van der Waals surface area (Å²) in [6, 6.07) is 3.35. The summed E-state index contributed by atoms with van der Waals surface area (Å²) in [4.78, 5) is 22.2. The van der Waals surface area contributed by atoms with Gasteiger partial charge in [0, 0.05) is 35.1 Å². The number of halogens is 4. The van der Waals surface area contributed by atoms with Crippen LogP contribution >= 0.6 is 11.6 Å². The molecule has 0 aromatic carbocycles. The molecule has 2 aromatic rings. The molecule has 1 aliphatic rings. The van der Waals surface area contributed by atoms with Gasteiger partial charge in [0.2, 0.25) is 5.88 Å². The molecule has 0 saturated heterocycles. The zero-order valence-corrected chi connectivity index (χ0v) is 14.8. The maximum atomic E-state index is 12.5. The zero-order chi connectivity index (χ0) is 19.1. The minimum absolute atomic E-state index is 0.0787. The van der Waals surface area contributed by atoms with E-state index in [4.69, 9.17) is 11.6 Å². The number of fused-ring (bicyclic) bond motifs is 1. The molecule has 5 nitrogen and oxygen atoms in total. The van der Waals surface area contributed by atoms with E-state index >= 15 is 0 Å². The predicted octanol–water partition coefficient (Wildman–Crippen LogP) is 3.84. The number of alkyl halides is 3. The number of amides is 1. The van der Waals surface area contributed by atoms with Crippen LogP contribution in [0.4, 0.5) is 13.2 Å². The molecule has 1 amide bonds. The Morgan fingerprint density at radius 3 is 2.69 bits per heavy atom. The molecule has 0 fully saturated rings. The van der Waals surface area contributed by atoms with Crippen molar-refractivity contribution in [3.8, 4) is 5.88 Å². The number of carbonyl (C=O) groups is 1. The number of aryl methyl sites for hydroxylation is 2. The van der Waals surface area contributed by atoms with Crippen LogP contribution in [0.5, 0.6) is 5.88 Å². The van der Waals surface area contributed by atoms with Gasteiger partial charge in [-0.25, -0.2) is 9.97 Å². The van der Waals surface area contributed by atoms with Crippen molar-refractivity contribution >= 4 is 17.5 Å². The molecule has 1 aliphatic heterocycles. The van der Waals surface area contributed by atoms with Crippen molar-refractivity contribution in [2.75, 3.05) is 6.61 Å². The Bertz CT molecular complexity index is 871. The fourth-order valence-electron chi connectivity index (χ4n) is 2.79.